The number of carbonyl (C=O) groups is 1. The third-order valence-electron chi connectivity index (χ3n) is 0.812. The van der Waals surface area contributed by atoms with E-state index in [1.165, 1.54) is 0 Å². The minimum Gasteiger partial charge on any atom is -0.384 e. The van der Waals surface area contributed by atoms with Crippen LogP contribution in [0.3, 0.4) is 0 Å². The zero-order valence-corrected chi connectivity index (χ0v) is 6.45. The second-order valence-electron chi connectivity index (χ2n) is 1.56. The van der Waals surface area contributed by atoms with Gasteiger partial charge in [-0.3, -0.25) is 0 Å². The second-order valence-corrected chi connectivity index (χ2v) is 2.79. The fraction of sp³-hybridized carbons (Fsp3) is 0.833. The van der Waals surface area contributed by atoms with Gasteiger partial charge in [0.1, 0.15) is 6.29 Å². The minimum atomic E-state index is 0.661. The Hall–Kier alpha value is -0.0200. The first-order valence-electron chi connectivity index (χ1n) is 2.92. The second kappa shape index (κ2) is 7.98. The average Bonchev–Trinajstić information content (AvgIpc) is 1.89. The van der Waals surface area contributed by atoms with Crippen molar-refractivity contribution in [2.24, 2.45) is 0 Å². The Bertz CT molecular complexity index is 66.1. The normalized spacial score (nSPS) is 9.44. The quantitative estimate of drug-likeness (QED) is 0.414. The predicted molar refractivity (Wildman–Crippen MR) is 39.9 cm³/mol. The molecule has 0 atom stereocenters. The predicted octanol–water partition coefficient (Wildman–Crippen LogP) is 0.955. The van der Waals surface area contributed by atoms with E-state index in [0.29, 0.717) is 6.42 Å². The summed E-state index contributed by atoms with van der Waals surface area (Å²) in [5.74, 6) is 1.91. The molecule has 0 aromatic carbocycles. The summed E-state index contributed by atoms with van der Waals surface area (Å²) in [5, 5.41) is 0. The fourth-order valence-corrected chi connectivity index (χ4v) is 1.13. The summed E-state index contributed by atoms with van der Waals surface area (Å²) in [5.41, 5.74) is 0. The van der Waals surface area contributed by atoms with Crippen LogP contribution < -0.4 is 0 Å². The molecule has 54 valence electrons. The zero-order chi connectivity index (χ0) is 6.95. The molecule has 0 aromatic rings. The molecule has 9 heavy (non-hydrogen) atoms. The van der Waals surface area contributed by atoms with Gasteiger partial charge in [-0.2, -0.15) is 11.8 Å². The van der Waals surface area contributed by atoms with Gasteiger partial charge in [-0.25, -0.2) is 0 Å². The van der Waals surface area contributed by atoms with E-state index in [-0.39, 0.29) is 0 Å². The smallest absolute Gasteiger partial charge is 0.120 e. The van der Waals surface area contributed by atoms with Crippen LogP contribution in [0.15, 0.2) is 0 Å². The van der Waals surface area contributed by atoms with Crippen LogP contribution >= 0.6 is 11.8 Å². The number of hydrogen-bond acceptors (Lipinski definition) is 3. The van der Waals surface area contributed by atoms with Crippen molar-refractivity contribution in [1.82, 2.24) is 0 Å². The van der Waals surface area contributed by atoms with Gasteiger partial charge in [-0.05, 0) is 5.75 Å². The lowest BCUT2D eigenvalue weighted by molar-refractivity contribution is -0.107. The molecule has 0 saturated carbocycles. The summed E-state index contributed by atoms with van der Waals surface area (Å²) in [6.45, 7) is 0.781. The van der Waals surface area contributed by atoms with Crippen molar-refractivity contribution in [2.45, 2.75) is 6.42 Å². The Balaban J connectivity index is 2.66. The average molecular weight is 148 g/mol. The first-order valence-corrected chi connectivity index (χ1v) is 4.07. The lowest BCUT2D eigenvalue weighted by Crippen LogP contribution is -1.92. The van der Waals surface area contributed by atoms with Crippen LogP contribution in [-0.2, 0) is 9.53 Å². The molecule has 0 bridgehead atoms. The van der Waals surface area contributed by atoms with E-state index in [9.17, 15) is 4.79 Å². The molecule has 0 saturated heterocycles. The van der Waals surface area contributed by atoms with Crippen LogP contribution in [0.4, 0.5) is 0 Å². The molecular formula is C6H12O2S. The fourth-order valence-electron chi connectivity index (χ4n) is 0.376. The Morgan fingerprint density at radius 1 is 1.56 bits per heavy atom. The topological polar surface area (TPSA) is 26.3 Å². The maximum absolute atomic E-state index is 9.79. The summed E-state index contributed by atoms with van der Waals surface area (Å²) in [4.78, 5) is 9.79. The van der Waals surface area contributed by atoms with Gasteiger partial charge in [-0.15, -0.1) is 0 Å². The number of rotatable bonds is 6. The molecule has 0 amide bonds. The molecule has 0 heterocycles. The highest BCUT2D eigenvalue weighted by molar-refractivity contribution is 7.99. The van der Waals surface area contributed by atoms with Crippen LogP contribution in [0.5, 0.6) is 0 Å². The first kappa shape index (κ1) is 8.98. The van der Waals surface area contributed by atoms with E-state index in [2.05, 4.69) is 0 Å². The molecule has 2 nitrogen and oxygen atoms in total. The van der Waals surface area contributed by atoms with Crippen LogP contribution in [-0.4, -0.2) is 31.5 Å². The lowest BCUT2D eigenvalue weighted by atomic mass is 10.6. The van der Waals surface area contributed by atoms with Crippen molar-refractivity contribution in [3.63, 3.8) is 0 Å². The molecule has 0 N–H and O–H groups in total. The van der Waals surface area contributed by atoms with Crippen LogP contribution in [0, 0.1) is 0 Å². The Morgan fingerprint density at radius 3 is 2.89 bits per heavy atom. The monoisotopic (exact) mass is 148 g/mol. The standard InChI is InChI=1S/C6H12O2S/c1-8-4-6-9-5-2-3-7/h3H,2,4-6H2,1H3. The van der Waals surface area contributed by atoms with E-state index in [0.717, 1.165) is 24.4 Å². The summed E-state index contributed by atoms with van der Waals surface area (Å²) in [6, 6.07) is 0. The van der Waals surface area contributed by atoms with E-state index >= 15 is 0 Å². The number of aldehydes is 1. The molecule has 0 aromatic heterocycles. The van der Waals surface area contributed by atoms with Crippen molar-refractivity contribution >= 4 is 18.0 Å². The first-order chi connectivity index (χ1) is 4.41. The van der Waals surface area contributed by atoms with Gasteiger partial charge in [0.15, 0.2) is 0 Å². The molecule has 0 fully saturated rings. The van der Waals surface area contributed by atoms with E-state index in [4.69, 9.17) is 4.74 Å². The van der Waals surface area contributed by atoms with E-state index < -0.39 is 0 Å². The minimum absolute atomic E-state index is 0.661. The highest BCUT2D eigenvalue weighted by Crippen LogP contribution is 1.99. The maximum atomic E-state index is 9.79. The highest BCUT2D eigenvalue weighted by Gasteiger charge is 1.85. The number of methoxy groups -OCH3 is 1. The Labute approximate surface area is 60.0 Å². The summed E-state index contributed by atoms with van der Waals surface area (Å²) < 4.78 is 4.81. The number of ether oxygens (including phenoxy) is 1. The largest absolute Gasteiger partial charge is 0.384 e. The molecule has 0 rings (SSSR count). The van der Waals surface area contributed by atoms with E-state index in [1.54, 1.807) is 18.9 Å². The van der Waals surface area contributed by atoms with Gasteiger partial charge in [0, 0.05) is 19.3 Å². The molecule has 0 aliphatic rings. The summed E-state index contributed by atoms with van der Waals surface area (Å²) >= 11 is 1.75. The SMILES string of the molecule is COCCSCCC=O. The summed E-state index contributed by atoms with van der Waals surface area (Å²) in [7, 11) is 1.68. The van der Waals surface area contributed by atoms with Crippen LogP contribution in [0.2, 0.25) is 0 Å². The Morgan fingerprint density at radius 2 is 2.33 bits per heavy atom. The van der Waals surface area contributed by atoms with Crippen molar-refractivity contribution in [3.8, 4) is 0 Å². The zero-order valence-electron chi connectivity index (χ0n) is 5.63. The van der Waals surface area contributed by atoms with Crippen molar-refractivity contribution in [3.05, 3.63) is 0 Å². The van der Waals surface area contributed by atoms with Crippen molar-refractivity contribution in [1.29, 1.82) is 0 Å². The summed E-state index contributed by atoms with van der Waals surface area (Å²) in [6.07, 6.45) is 1.61. The third kappa shape index (κ3) is 7.98. The van der Waals surface area contributed by atoms with Gasteiger partial charge in [0.2, 0.25) is 0 Å². The molecule has 0 spiro atoms. The lowest BCUT2D eigenvalue weighted by Gasteiger charge is -1.95. The Kier molecular flexibility index (Phi) is 7.96. The van der Waals surface area contributed by atoms with Gasteiger partial charge >= 0.3 is 0 Å². The van der Waals surface area contributed by atoms with Crippen LogP contribution in [0.25, 0.3) is 0 Å². The maximum Gasteiger partial charge on any atom is 0.120 e. The van der Waals surface area contributed by atoms with E-state index in [1.807, 2.05) is 0 Å². The molecule has 0 unspecified atom stereocenters. The van der Waals surface area contributed by atoms with Crippen LogP contribution in [0.1, 0.15) is 6.42 Å². The van der Waals surface area contributed by atoms with Crippen molar-refractivity contribution < 1.29 is 9.53 Å². The molecular weight excluding hydrogens is 136 g/mol. The number of hydrogen-bond donors (Lipinski definition) is 0. The molecule has 0 radical (unpaired) electrons. The van der Waals surface area contributed by atoms with Gasteiger partial charge in [0.05, 0.1) is 6.61 Å². The number of carbonyl (C=O) groups excluding carboxylic acids is 1. The van der Waals surface area contributed by atoms with Crippen molar-refractivity contribution in [2.75, 3.05) is 25.2 Å². The number of thioether (sulfide) groups is 1. The molecule has 3 heteroatoms. The van der Waals surface area contributed by atoms with Gasteiger partial charge in [0.25, 0.3) is 0 Å². The molecule has 0 aliphatic heterocycles. The highest BCUT2D eigenvalue weighted by atomic mass is 32.2. The molecule has 0 aliphatic carbocycles. The third-order valence-corrected chi connectivity index (χ3v) is 1.79. The van der Waals surface area contributed by atoms with Gasteiger partial charge in [-0.1, -0.05) is 0 Å². The van der Waals surface area contributed by atoms with Gasteiger partial charge < -0.3 is 9.53 Å².